The third kappa shape index (κ3) is 20.0. The highest BCUT2D eigenvalue weighted by Gasteiger charge is 1.99. The van der Waals surface area contributed by atoms with Crippen molar-refractivity contribution in [2.45, 2.75) is 51.4 Å². The lowest BCUT2D eigenvalue weighted by molar-refractivity contribution is 0.0817. The number of aliphatic hydroxyl groups is 5. The third-order valence-corrected chi connectivity index (χ3v) is 1.59. The predicted molar refractivity (Wildman–Crippen MR) is 57.4 cm³/mol. The zero-order chi connectivity index (χ0) is 12.3. The Kier molecular flexibility index (Phi) is 13.6. The van der Waals surface area contributed by atoms with Crippen LogP contribution in [0.4, 0.5) is 0 Å². The molecule has 15 heavy (non-hydrogen) atoms. The van der Waals surface area contributed by atoms with Gasteiger partial charge < -0.3 is 25.5 Å². The number of hydrogen-bond donors (Lipinski definition) is 5. The van der Waals surface area contributed by atoms with E-state index in [-0.39, 0.29) is 25.4 Å². The minimum Gasteiger partial charge on any atom is -0.396 e. The molecule has 0 aliphatic rings. The molecule has 5 heteroatoms. The van der Waals surface area contributed by atoms with Crippen LogP contribution in [0.2, 0.25) is 0 Å². The van der Waals surface area contributed by atoms with E-state index in [1.165, 1.54) is 0 Å². The zero-order valence-corrected chi connectivity index (χ0v) is 9.50. The van der Waals surface area contributed by atoms with Gasteiger partial charge in [0.05, 0.1) is 24.9 Å². The Hall–Kier alpha value is -0.200. The molecule has 0 saturated heterocycles. The summed E-state index contributed by atoms with van der Waals surface area (Å²) in [6.07, 6.45) is 0.108. The van der Waals surface area contributed by atoms with E-state index in [1.807, 2.05) is 0 Å². The van der Waals surface area contributed by atoms with Crippen molar-refractivity contribution < 1.29 is 25.5 Å². The van der Waals surface area contributed by atoms with Crippen LogP contribution >= 0.6 is 0 Å². The van der Waals surface area contributed by atoms with Gasteiger partial charge in [-0.2, -0.15) is 0 Å². The van der Waals surface area contributed by atoms with Crippen molar-refractivity contribution in [3.63, 3.8) is 0 Å². The van der Waals surface area contributed by atoms with E-state index >= 15 is 0 Å². The number of rotatable bonds is 6. The molecule has 0 aromatic rings. The van der Waals surface area contributed by atoms with E-state index in [9.17, 15) is 0 Å². The molecule has 0 amide bonds. The Balaban J connectivity index is 0. The van der Waals surface area contributed by atoms with Crippen LogP contribution < -0.4 is 0 Å². The SMILES string of the molecule is CC(O)CC(C)O.OCCCC(O)CO. The van der Waals surface area contributed by atoms with Gasteiger partial charge in [0.1, 0.15) is 0 Å². The summed E-state index contributed by atoms with van der Waals surface area (Å²) in [5.74, 6) is 0. The Bertz CT molecular complexity index is 110. The van der Waals surface area contributed by atoms with Gasteiger partial charge in [0.15, 0.2) is 0 Å². The first-order valence-electron chi connectivity index (χ1n) is 5.19. The van der Waals surface area contributed by atoms with Gasteiger partial charge in [0.2, 0.25) is 0 Å². The van der Waals surface area contributed by atoms with Gasteiger partial charge in [-0.1, -0.05) is 0 Å². The summed E-state index contributed by atoms with van der Waals surface area (Å²) < 4.78 is 0. The standard InChI is InChI=1S/C5H12O3.C5H12O2/c6-3-1-2-5(8)4-7;1-4(6)3-5(2)7/h5-8H,1-4H2;4-7H,3H2,1-2H3. The maximum atomic E-state index is 8.63. The fourth-order valence-electron chi connectivity index (χ4n) is 0.912. The molecule has 5 N–H and O–H groups in total. The average molecular weight is 224 g/mol. The highest BCUT2D eigenvalue weighted by atomic mass is 16.3. The summed E-state index contributed by atoms with van der Waals surface area (Å²) in [4.78, 5) is 0. The van der Waals surface area contributed by atoms with Crippen molar-refractivity contribution in [1.82, 2.24) is 0 Å². The van der Waals surface area contributed by atoms with Crippen LogP contribution in [0, 0.1) is 0 Å². The monoisotopic (exact) mass is 224 g/mol. The average Bonchev–Trinajstić information content (AvgIpc) is 2.12. The Morgan fingerprint density at radius 2 is 1.40 bits per heavy atom. The normalized spacial score (nSPS) is 16.2. The van der Waals surface area contributed by atoms with Crippen molar-refractivity contribution >= 4 is 0 Å². The quantitative estimate of drug-likeness (QED) is 0.409. The molecule has 94 valence electrons. The van der Waals surface area contributed by atoms with Gasteiger partial charge in [0.25, 0.3) is 0 Å². The van der Waals surface area contributed by atoms with Gasteiger partial charge in [-0.25, -0.2) is 0 Å². The molecule has 5 nitrogen and oxygen atoms in total. The smallest absolute Gasteiger partial charge is 0.0771 e. The van der Waals surface area contributed by atoms with E-state index in [0.717, 1.165) is 0 Å². The Labute approximate surface area is 91.0 Å². The molecule has 0 aromatic carbocycles. The fraction of sp³-hybridized carbons (Fsp3) is 1.00. The molecular weight excluding hydrogens is 200 g/mol. The topological polar surface area (TPSA) is 101 Å². The zero-order valence-electron chi connectivity index (χ0n) is 9.50. The highest BCUT2D eigenvalue weighted by Crippen LogP contribution is 1.94. The van der Waals surface area contributed by atoms with Crippen LogP contribution in [0.3, 0.4) is 0 Å². The molecule has 0 bridgehead atoms. The lowest BCUT2D eigenvalue weighted by Crippen LogP contribution is -2.11. The van der Waals surface area contributed by atoms with E-state index < -0.39 is 6.10 Å². The van der Waals surface area contributed by atoms with Crippen LogP contribution in [0.25, 0.3) is 0 Å². The summed E-state index contributed by atoms with van der Waals surface area (Å²) in [7, 11) is 0. The molecule has 3 unspecified atom stereocenters. The van der Waals surface area contributed by atoms with Crippen LogP contribution in [-0.2, 0) is 0 Å². The maximum Gasteiger partial charge on any atom is 0.0771 e. The third-order valence-electron chi connectivity index (χ3n) is 1.59. The van der Waals surface area contributed by atoms with Gasteiger partial charge in [-0.3, -0.25) is 0 Å². The second-order valence-corrected chi connectivity index (χ2v) is 3.64. The molecular formula is C10H24O5. The second-order valence-electron chi connectivity index (χ2n) is 3.64. The van der Waals surface area contributed by atoms with Crippen molar-refractivity contribution in [1.29, 1.82) is 0 Å². The first-order valence-corrected chi connectivity index (χ1v) is 5.19. The molecule has 0 saturated carbocycles. The van der Waals surface area contributed by atoms with E-state index in [4.69, 9.17) is 25.5 Å². The Morgan fingerprint density at radius 1 is 0.933 bits per heavy atom. The van der Waals surface area contributed by atoms with Crippen LogP contribution in [0.15, 0.2) is 0 Å². The molecule has 0 fully saturated rings. The Morgan fingerprint density at radius 3 is 1.60 bits per heavy atom. The molecule has 0 spiro atoms. The van der Waals surface area contributed by atoms with Crippen LogP contribution in [0.1, 0.15) is 33.1 Å². The summed E-state index contributed by atoms with van der Waals surface area (Å²) in [5.41, 5.74) is 0. The highest BCUT2D eigenvalue weighted by molar-refractivity contribution is 4.51. The summed E-state index contributed by atoms with van der Waals surface area (Å²) >= 11 is 0. The van der Waals surface area contributed by atoms with Crippen molar-refractivity contribution in [3.8, 4) is 0 Å². The fourth-order valence-corrected chi connectivity index (χ4v) is 0.912. The van der Waals surface area contributed by atoms with Crippen molar-refractivity contribution in [2.75, 3.05) is 13.2 Å². The maximum absolute atomic E-state index is 8.63. The van der Waals surface area contributed by atoms with Gasteiger partial charge >= 0.3 is 0 Å². The molecule has 0 aromatic heterocycles. The molecule has 0 heterocycles. The van der Waals surface area contributed by atoms with Gasteiger partial charge in [-0.05, 0) is 33.1 Å². The van der Waals surface area contributed by atoms with Crippen molar-refractivity contribution in [2.24, 2.45) is 0 Å². The molecule has 0 aliphatic heterocycles. The predicted octanol–water partition coefficient (Wildman–Crippen LogP) is -0.750. The number of aliphatic hydroxyl groups excluding tert-OH is 5. The minimum absolute atomic E-state index is 0.0804. The molecule has 3 atom stereocenters. The molecule has 0 radical (unpaired) electrons. The summed E-state index contributed by atoms with van der Waals surface area (Å²) in [5, 5.41) is 42.2. The number of hydrogen-bond acceptors (Lipinski definition) is 5. The second kappa shape index (κ2) is 11.9. The van der Waals surface area contributed by atoms with Gasteiger partial charge in [0, 0.05) is 6.61 Å². The summed E-state index contributed by atoms with van der Waals surface area (Å²) in [6, 6.07) is 0. The van der Waals surface area contributed by atoms with Crippen LogP contribution in [-0.4, -0.2) is 57.1 Å². The van der Waals surface area contributed by atoms with Gasteiger partial charge in [-0.15, -0.1) is 0 Å². The lowest BCUT2D eigenvalue weighted by Gasteiger charge is -2.04. The largest absolute Gasteiger partial charge is 0.396 e. The van der Waals surface area contributed by atoms with E-state index in [0.29, 0.717) is 19.3 Å². The van der Waals surface area contributed by atoms with E-state index in [1.54, 1.807) is 13.8 Å². The molecule has 0 rings (SSSR count). The van der Waals surface area contributed by atoms with Crippen LogP contribution in [0.5, 0.6) is 0 Å². The molecule has 0 aliphatic carbocycles. The minimum atomic E-state index is -0.651. The first kappa shape index (κ1) is 17.2. The summed E-state index contributed by atoms with van der Waals surface area (Å²) in [6.45, 7) is 3.19. The van der Waals surface area contributed by atoms with Crippen molar-refractivity contribution in [3.05, 3.63) is 0 Å². The van der Waals surface area contributed by atoms with E-state index in [2.05, 4.69) is 0 Å². The first-order chi connectivity index (χ1) is 6.93. The lowest BCUT2D eigenvalue weighted by atomic mass is 10.2.